The Bertz CT molecular complexity index is 472. The number of aliphatic imine (C=N–C) groups is 1. The molecule has 0 saturated heterocycles. The Morgan fingerprint density at radius 2 is 2.22 bits per heavy atom. The van der Waals surface area contributed by atoms with E-state index in [0.717, 1.165) is 12.1 Å². The van der Waals surface area contributed by atoms with Gasteiger partial charge in [-0.15, -0.1) is 0 Å². The van der Waals surface area contributed by atoms with Crippen LogP contribution in [0.4, 0.5) is 4.39 Å². The number of hydrogen-bond donors (Lipinski definition) is 1. The van der Waals surface area contributed by atoms with Crippen molar-refractivity contribution in [1.29, 1.82) is 0 Å². The second-order valence-corrected chi connectivity index (χ2v) is 5.34. The van der Waals surface area contributed by atoms with Gasteiger partial charge in [-0.25, -0.2) is 4.39 Å². The highest BCUT2D eigenvalue weighted by Crippen LogP contribution is 2.33. The van der Waals surface area contributed by atoms with Gasteiger partial charge in [-0.2, -0.15) is 0 Å². The number of pyridine rings is 1. The van der Waals surface area contributed by atoms with E-state index < -0.39 is 5.54 Å². The molecule has 18 heavy (non-hydrogen) atoms. The zero-order chi connectivity index (χ0) is 13.3. The van der Waals surface area contributed by atoms with Crippen molar-refractivity contribution in [3.63, 3.8) is 0 Å². The van der Waals surface area contributed by atoms with Crippen LogP contribution in [0.5, 0.6) is 0 Å². The lowest BCUT2D eigenvalue weighted by atomic mass is 9.91. The Labute approximate surface area is 107 Å². The SMILES string of the molecule is CC(C)CN1C(N)=NCC1(C)c1cncc(F)c1. The van der Waals surface area contributed by atoms with Gasteiger partial charge in [-0.05, 0) is 18.9 Å². The third-order valence-corrected chi connectivity index (χ3v) is 3.30. The molecule has 2 rings (SSSR count). The van der Waals surface area contributed by atoms with Crippen LogP contribution in [-0.4, -0.2) is 28.9 Å². The fourth-order valence-corrected chi connectivity index (χ4v) is 2.27. The molecule has 1 aliphatic heterocycles. The normalized spacial score (nSPS) is 23.6. The number of halogens is 1. The monoisotopic (exact) mass is 250 g/mol. The summed E-state index contributed by atoms with van der Waals surface area (Å²) >= 11 is 0. The van der Waals surface area contributed by atoms with Crippen molar-refractivity contribution in [2.45, 2.75) is 26.3 Å². The van der Waals surface area contributed by atoms with E-state index in [4.69, 9.17) is 5.73 Å². The molecule has 1 aromatic rings. The molecule has 0 fully saturated rings. The quantitative estimate of drug-likeness (QED) is 0.888. The predicted octanol–water partition coefficient (Wildman–Crippen LogP) is 1.72. The van der Waals surface area contributed by atoms with Crippen molar-refractivity contribution in [1.82, 2.24) is 9.88 Å². The van der Waals surface area contributed by atoms with Crippen molar-refractivity contribution >= 4 is 5.96 Å². The molecule has 0 bridgehead atoms. The molecule has 2 heterocycles. The summed E-state index contributed by atoms with van der Waals surface area (Å²) < 4.78 is 13.3. The highest BCUT2D eigenvalue weighted by atomic mass is 19.1. The van der Waals surface area contributed by atoms with Crippen LogP contribution in [0.2, 0.25) is 0 Å². The Kier molecular flexibility index (Phi) is 3.24. The number of aromatic nitrogens is 1. The molecule has 98 valence electrons. The molecular formula is C13H19FN4. The van der Waals surface area contributed by atoms with Crippen LogP contribution in [0.1, 0.15) is 26.3 Å². The standard InChI is InChI=1S/C13H19FN4/c1-9(2)7-18-12(15)17-8-13(18,3)10-4-11(14)6-16-5-10/h4-6,9H,7-8H2,1-3H3,(H2,15,17). The summed E-state index contributed by atoms with van der Waals surface area (Å²) in [6.07, 6.45) is 2.89. The maximum atomic E-state index is 13.3. The van der Waals surface area contributed by atoms with Crippen LogP contribution in [0.15, 0.2) is 23.5 Å². The van der Waals surface area contributed by atoms with Crippen LogP contribution < -0.4 is 5.73 Å². The van der Waals surface area contributed by atoms with Gasteiger partial charge in [0, 0.05) is 18.3 Å². The van der Waals surface area contributed by atoms with Gasteiger partial charge in [0.25, 0.3) is 0 Å². The Morgan fingerprint density at radius 1 is 1.50 bits per heavy atom. The fraction of sp³-hybridized carbons (Fsp3) is 0.538. The summed E-state index contributed by atoms with van der Waals surface area (Å²) in [5, 5.41) is 0. The molecule has 0 spiro atoms. The van der Waals surface area contributed by atoms with Gasteiger partial charge in [-0.3, -0.25) is 9.98 Å². The average Bonchev–Trinajstić information content (AvgIpc) is 2.58. The first-order valence-corrected chi connectivity index (χ1v) is 6.12. The molecule has 2 N–H and O–H groups in total. The number of rotatable bonds is 3. The van der Waals surface area contributed by atoms with Crippen molar-refractivity contribution < 1.29 is 4.39 Å². The lowest BCUT2D eigenvalue weighted by molar-refractivity contribution is 0.203. The van der Waals surface area contributed by atoms with E-state index in [-0.39, 0.29) is 5.82 Å². The Hall–Kier alpha value is -1.65. The minimum atomic E-state index is -0.399. The van der Waals surface area contributed by atoms with E-state index in [2.05, 4.69) is 23.8 Å². The van der Waals surface area contributed by atoms with Gasteiger partial charge in [-0.1, -0.05) is 13.8 Å². The summed E-state index contributed by atoms with van der Waals surface area (Å²) in [4.78, 5) is 10.3. The lowest BCUT2D eigenvalue weighted by Gasteiger charge is -2.37. The number of guanidine groups is 1. The zero-order valence-electron chi connectivity index (χ0n) is 11.0. The summed E-state index contributed by atoms with van der Waals surface area (Å²) in [5.74, 6) is 0.650. The molecule has 0 saturated carbocycles. The molecule has 1 aliphatic rings. The first-order valence-electron chi connectivity index (χ1n) is 6.12. The van der Waals surface area contributed by atoms with Crippen molar-refractivity contribution in [2.75, 3.05) is 13.1 Å². The summed E-state index contributed by atoms with van der Waals surface area (Å²) in [6.45, 7) is 7.60. The molecule has 1 atom stereocenters. The summed E-state index contributed by atoms with van der Waals surface area (Å²) in [7, 11) is 0. The summed E-state index contributed by atoms with van der Waals surface area (Å²) in [6, 6.07) is 1.51. The van der Waals surface area contributed by atoms with Crippen LogP contribution in [0, 0.1) is 11.7 Å². The van der Waals surface area contributed by atoms with Gasteiger partial charge in [0.1, 0.15) is 5.82 Å². The molecular weight excluding hydrogens is 231 g/mol. The molecule has 1 unspecified atom stereocenters. The van der Waals surface area contributed by atoms with E-state index in [9.17, 15) is 4.39 Å². The number of hydrogen-bond acceptors (Lipinski definition) is 4. The highest BCUT2D eigenvalue weighted by Gasteiger charge is 2.40. The molecule has 0 aliphatic carbocycles. The maximum absolute atomic E-state index is 13.3. The van der Waals surface area contributed by atoms with E-state index in [1.54, 1.807) is 6.20 Å². The molecule has 0 aromatic carbocycles. The third kappa shape index (κ3) is 2.17. The van der Waals surface area contributed by atoms with Crippen molar-refractivity contribution in [3.05, 3.63) is 29.8 Å². The smallest absolute Gasteiger partial charge is 0.192 e. The van der Waals surface area contributed by atoms with Gasteiger partial charge >= 0.3 is 0 Å². The second-order valence-electron chi connectivity index (χ2n) is 5.34. The fourth-order valence-electron chi connectivity index (χ4n) is 2.27. The molecule has 5 heteroatoms. The van der Waals surface area contributed by atoms with E-state index >= 15 is 0 Å². The van der Waals surface area contributed by atoms with Crippen LogP contribution in [0.25, 0.3) is 0 Å². The largest absolute Gasteiger partial charge is 0.370 e. The van der Waals surface area contributed by atoms with Crippen LogP contribution in [0.3, 0.4) is 0 Å². The topological polar surface area (TPSA) is 54.5 Å². The molecule has 1 aromatic heterocycles. The minimum Gasteiger partial charge on any atom is -0.370 e. The highest BCUT2D eigenvalue weighted by molar-refractivity contribution is 5.81. The molecule has 4 nitrogen and oxygen atoms in total. The number of nitrogens with two attached hydrogens (primary N) is 1. The number of nitrogens with zero attached hydrogens (tertiary/aromatic N) is 3. The van der Waals surface area contributed by atoms with E-state index in [0.29, 0.717) is 18.4 Å². The zero-order valence-corrected chi connectivity index (χ0v) is 11.0. The first-order chi connectivity index (χ1) is 8.43. The van der Waals surface area contributed by atoms with E-state index in [1.165, 1.54) is 12.3 Å². The van der Waals surface area contributed by atoms with Gasteiger partial charge < -0.3 is 10.6 Å². The summed E-state index contributed by atoms with van der Waals surface area (Å²) in [5.41, 5.74) is 6.35. The predicted molar refractivity (Wildman–Crippen MR) is 69.6 cm³/mol. The van der Waals surface area contributed by atoms with Crippen molar-refractivity contribution in [2.24, 2.45) is 16.6 Å². The molecule has 0 radical (unpaired) electrons. The van der Waals surface area contributed by atoms with Gasteiger partial charge in [0.2, 0.25) is 0 Å². The van der Waals surface area contributed by atoms with Crippen molar-refractivity contribution in [3.8, 4) is 0 Å². The van der Waals surface area contributed by atoms with E-state index in [1.807, 2.05) is 11.8 Å². The Morgan fingerprint density at radius 3 is 2.83 bits per heavy atom. The van der Waals surface area contributed by atoms with Crippen LogP contribution >= 0.6 is 0 Å². The van der Waals surface area contributed by atoms with Crippen LogP contribution in [-0.2, 0) is 5.54 Å². The Balaban J connectivity index is 2.35. The lowest BCUT2D eigenvalue weighted by Crippen LogP contribution is -2.49. The third-order valence-electron chi connectivity index (χ3n) is 3.30. The average molecular weight is 250 g/mol. The van der Waals surface area contributed by atoms with Gasteiger partial charge in [0.05, 0.1) is 18.3 Å². The first kappa shape index (κ1) is 12.8. The maximum Gasteiger partial charge on any atom is 0.192 e. The second kappa shape index (κ2) is 4.55. The molecule has 0 amide bonds. The minimum absolute atomic E-state index is 0.330. The van der Waals surface area contributed by atoms with Gasteiger partial charge in [0.15, 0.2) is 5.96 Å².